The molecule has 0 spiro atoms. The van der Waals surface area contributed by atoms with Gasteiger partial charge >= 0.3 is 0 Å². The quantitative estimate of drug-likeness (QED) is 0.313. The van der Waals surface area contributed by atoms with E-state index in [4.69, 9.17) is 9.47 Å². The van der Waals surface area contributed by atoms with Crippen LogP contribution in [0.25, 0.3) is 0 Å². The Morgan fingerprint density at radius 2 is 1.73 bits per heavy atom. The Morgan fingerprint density at radius 1 is 1.00 bits per heavy atom. The molecule has 0 amide bonds. The zero-order chi connectivity index (χ0) is 21.6. The smallest absolute Gasteiger partial charge is 0.165 e. The van der Waals surface area contributed by atoms with Crippen molar-refractivity contribution in [3.63, 3.8) is 0 Å². The van der Waals surface area contributed by atoms with Gasteiger partial charge in [0.05, 0.1) is 7.11 Å². The van der Waals surface area contributed by atoms with E-state index in [2.05, 4.69) is 45.0 Å². The van der Waals surface area contributed by atoms with E-state index in [0.717, 1.165) is 51.8 Å². The van der Waals surface area contributed by atoms with Crippen LogP contribution in [0.1, 0.15) is 47.3 Å². The normalized spacial score (nSPS) is 13.2. The van der Waals surface area contributed by atoms with Crippen LogP contribution in [0.5, 0.6) is 11.5 Å². The van der Waals surface area contributed by atoms with Crippen molar-refractivity contribution in [1.82, 2.24) is 0 Å². The van der Waals surface area contributed by atoms with Crippen LogP contribution in [0.2, 0.25) is 0 Å². The summed E-state index contributed by atoms with van der Waals surface area (Å²) in [7, 11) is 2.10. The summed E-state index contributed by atoms with van der Waals surface area (Å²) in [4.78, 5) is 11.7. The number of carbonyl (C=O) groups is 1. The van der Waals surface area contributed by atoms with Gasteiger partial charge in [0.2, 0.25) is 0 Å². The summed E-state index contributed by atoms with van der Waals surface area (Å²) in [5.74, 6) is 1.51. The highest BCUT2D eigenvalue weighted by Gasteiger charge is 2.31. The maximum Gasteiger partial charge on any atom is 0.165 e. The molecular weight excluding hydrogens is 391 g/mol. The van der Waals surface area contributed by atoms with Gasteiger partial charge in [-0.25, -0.2) is 0 Å². The molecule has 2 atom stereocenters. The molecule has 2 unspecified atom stereocenters. The molecule has 3 aromatic rings. The molecule has 3 aromatic carbocycles. The van der Waals surface area contributed by atoms with Crippen molar-refractivity contribution in [2.24, 2.45) is 0 Å². The Balaban J connectivity index is 2.02. The molecule has 0 aliphatic rings. The Labute approximate surface area is 181 Å². The molecule has 30 heavy (non-hydrogen) atoms. The van der Waals surface area contributed by atoms with Gasteiger partial charge in [0.25, 0.3) is 0 Å². The lowest BCUT2D eigenvalue weighted by atomic mass is 9.96. The molecule has 0 N–H and O–H groups in total. The number of rotatable bonds is 9. The van der Waals surface area contributed by atoms with E-state index < -0.39 is 0 Å². The molecule has 156 valence electrons. The maximum atomic E-state index is 11.7. The molecular formula is C26H29O3P. The fourth-order valence-electron chi connectivity index (χ4n) is 3.57. The number of aldehydes is 1. The summed E-state index contributed by atoms with van der Waals surface area (Å²) in [5, 5.41) is 0.929. The van der Waals surface area contributed by atoms with Gasteiger partial charge < -0.3 is 9.47 Å². The summed E-state index contributed by atoms with van der Waals surface area (Å²) in [6, 6.07) is 22.1. The van der Waals surface area contributed by atoms with Gasteiger partial charge in [-0.2, -0.15) is 0 Å². The zero-order valence-corrected chi connectivity index (χ0v) is 19.1. The molecule has 0 aliphatic heterocycles. The molecule has 0 aromatic heterocycles. The minimum atomic E-state index is -0.190. The summed E-state index contributed by atoms with van der Waals surface area (Å²) in [6.07, 6.45) is 1.87. The predicted molar refractivity (Wildman–Crippen MR) is 126 cm³/mol. The first-order chi connectivity index (χ1) is 14.5. The van der Waals surface area contributed by atoms with Gasteiger partial charge in [0.1, 0.15) is 6.61 Å². The average molecular weight is 420 g/mol. The summed E-state index contributed by atoms with van der Waals surface area (Å²) in [5.41, 5.74) is 4.13. The number of hydrogen-bond acceptors (Lipinski definition) is 3. The van der Waals surface area contributed by atoms with E-state index in [1.165, 1.54) is 0 Å². The van der Waals surface area contributed by atoms with Gasteiger partial charge in [0, 0.05) is 16.3 Å². The van der Waals surface area contributed by atoms with Crippen LogP contribution in [0.15, 0.2) is 66.7 Å². The summed E-state index contributed by atoms with van der Waals surface area (Å²) >= 11 is 0. The number of para-hydroxylation sites is 1. The number of carbonyl (C=O) groups excluding carboxylic acids is 1. The molecule has 0 bridgehead atoms. The summed E-state index contributed by atoms with van der Waals surface area (Å²) < 4.78 is 12.0. The van der Waals surface area contributed by atoms with Gasteiger partial charge in [-0.3, -0.25) is 4.79 Å². The first-order valence-corrected chi connectivity index (χ1v) is 11.2. The summed E-state index contributed by atoms with van der Waals surface area (Å²) in [6.45, 7) is 6.98. The average Bonchev–Trinajstić information content (AvgIpc) is 2.79. The third-order valence-electron chi connectivity index (χ3n) is 5.56. The van der Waals surface area contributed by atoms with Gasteiger partial charge in [-0.1, -0.05) is 83.1 Å². The molecule has 3 nitrogen and oxygen atoms in total. The fourth-order valence-corrected chi connectivity index (χ4v) is 5.20. The van der Waals surface area contributed by atoms with Crippen LogP contribution in [0.3, 0.4) is 0 Å². The highest BCUT2D eigenvalue weighted by molar-refractivity contribution is 7.49. The lowest BCUT2D eigenvalue weighted by Crippen LogP contribution is -2.22. The second-order valence-electron chi connectivity index (χ2n) is 7.58. The third kappa shape index (κ3) is 4.74. The monoisotopic (exact) mass is 420 g/mol. The van der Waals surface area contributed by atoms with Crippen LogP contribution in [0.4, 0.5) is 0 Å². The van der Waals surface area contributed by atoms with E-state index in [9.17, 15) is 4.79 Å². The van der Waals surface area contributed by atoms with Crippen molar-refractivity contribution < 1.29 is 14.3 Å². The Kier molecular flexibility index (Phi) is 7.29. The molecule has 0 radical (unpaired) electrons. The molecule has 4 heteroatoms. The topological polar surface area (TPSA) is 35.5 Å². The second-order valence-corrected chi connectivity index (χ2v) is 9.43. The number of aryl methyl sites for hydroxylation is 1. The van der Waals surface area contributed by atoms with Crippen LogP contribution in [0, 0.1) is 6.92 Å². The fraction of sp³-hybridized carbons (Fsp3) is 0.269. The highest BCUT2D eigenvalue weighted by Crippen LogP contribution is 2.50. The zero-order valence-electron chi connectivity index (χ0n) is 18.1. The SMILES string of the molecule is CCC(C)(Pc1c(C)cccc1C=O)c1cccc(OC)c1OCc1ccccc1. The number of benzene rings is 3. The van der Waals surface area contributed by atoms with Crippen molar-refractivity contribution >= 4 is 20.2 Å². The third-order valence-corrected chi connectivity index (χ3v) is 7.67. The van der Waals surface area contributed by atoms with Gasteiger partial charge in [-0.05, 0) is 35.8 Å². The van der Waals surface area contributed by atoms with E-state index in [0.29, 0.717) is 15.2 Å². The Bertz CT molecular complexity index is 1000. The van der Waals surface area contributed by atoms with Crippen LogP contribution < -0.4 is 14.8 Å². The number of methoxy groups -OCH3 is 1. The molecule has 0 aliphatic carbocycles. The standard InChI is InChI=1S/C26H29O3P/c1-5-26(3,30-25-19(2)11-9-14-21(25)17-27)22-15-10-16-23(28-4)24(22)29-18-20-12-7-6-8-13-20/h6-17,30H,5,18H2,1-4H3. The van der Waals surface area contributed by atoms with Crippen LogP contribution in [-0.4, -0.2) is 13.4 Å². The van der Waals surface area contributed by atoms with Crippen molar-refractivity contribution in [2.45, 2.75) is 39.0 Å². The predicted octanol–water partition coefficient (Wildman–Crippen LogP) is 6.02. The Hall–Kier alpha value is -2.64. The van der Waals surface area contributed by atoms with Gasteiger partial charge in [-0.15, -0.1) is 0 Å². The first kappa shape index (κ1) is 22.1. The highest BCUT2D eigenvalue weighted by atomic mass is 31.1. The van der Waals surface area contributed by atoms with Gasteiger partial charge in [0.15, 0.2) is 17.8 Å². The van der Waals surface area contributed by atoms with Crippen molar-refractivity contribution in [3.8, 4) is 11.5 Å². The van der Waals surface area contributed by atoms with E-state index in [1.54, 1.807) is 7.11 Å². The number of hydrogen-bond donors (Lipinski definition) is 0. The molecule has 0 fully saturated rings. The van der Waals surface area contributed by atoms with Crippen LogP contribution in [-0.2, 0) is 11.8 Å². The maximum absolute atomic E-state index is 11.7. The van der Waals surface area contributed by atoms with Crippen molar-refractivity contribution in [1.29, 1.82) is 0 Å². The van der Waals surface area contributed by atoms with Crippen molar-refractivity contribution in [2.75, 3.05) is 7.11 Å². The molecule has 0 heterocycles. The van der Waals surface area contributed by atoms with E-state index >= 15 is 0 Å². The largest absolute Gasteiger partial charge is 0.493 e. The lowest BCUT2D eigenvalue weighted by molar-refractivity contribution is 0.112. The van der Waals surface area contributed by atoms with E-state index in [-0.39, 0.29) is 5.16 Å². The second kappa shape index (κ2) is 9.91. The minimum Gasteiger partial charge on any atom is -0.493 e. The van der Waals surface area contributed by atoms with Crippen LogP contribution >= 0.6 is 8.58 Å². The van der Waals surface area contributed by atoms with Crippen molar-refractivity contribution in [3.05, 3.63) is 89.0 Å². The molecule has 3 rings (SSSR count). The molecule has 0 saturated heterocycles. The lowest BCUT2D eigenvalue weighted by Gasteiger charge is -2.32. The Morgan fingerprint density at radius 3 is 2.40 bits per heavy atom. The molecule has 0 saturated carbocycles. The van der Waals surface area contributed by atoms with E-state index in [1.807, 2.05) is 42.5 Å². The first-order valence-electron chi connectivity index (χ1n) is 10.2. The minimum absolute atomic E-state index is 0.190. The number of ether oxygens (including phenoxy) is 2.